The number of thiocarbonyl (C=S) groups is 1. The molecule has 2 nitrogen and oxygen atoms in total. The molecule has 1 saturated carbocycles. The van der Waals surface area contributed by atoms with E-state index in [4.69, 9.17) is 29.6 Å². The third-order valence-corrected chi connectivity index (χ3v) is 3.22. The minimum atomic E-state index is 0.224. The predicted molar refractivity (Wildman–Crippen MR) is 71.5 cm³/mol. The average Bonchev–Trinajstić information content (AvgIpc) is 3.01. The first-order chi connectivity index (χ1) is 7.65. The van der Waals surface area contributed by atoms with Crippen molar-refractivity contribution in [1.29, 1.82) is 0 Å². The molecule has 0 amide bonds. The first-order valence-electron chi connectivity index (χ1n) is 5.46. The van der Waals surface area contributed by atoms with E-state index in [1.165, 1.54) is 18.4 Å². The van der Waals surface area contributed by atoms with Crippen molar-refractivity contribution in [2.45, 2.75) is 25.3 Å². The molecule has 1 aromatic rings. The maximum atomic E-state index is 5.87. The highest BCUT2D eigenvalue weighted by Gasteiger charge is 2.26. The van der Waals surface area contributed by atoms with Gasteiger partial charge in [-0.05, 0) is 42.3 Å². The van der Waals surface area contributed by atoms with Crippen LogP contribution in [0, 0.1) is 5.92 Å². The highest BCUT2D eigenvalue weighted by Crippen LogP contribution is 2.37. The summed E-state index contributed by atoms with van der Waals surface area (Å²) in [5.74, 6) is 0.822. The molecule has 1 aromatic carbocycles. The van der Waals surface area contributed by atoms with Gasteiger partial charge in [-0.3, -0.25) is 0 Å². The van der Waals surface area contributed by atoms with Crippen molar-refractivity contribution in [2.75, 3.05) is 0 Å². The van der Waals surface area contributed by atoms with Gasteiger partial charge >= 0.3 is 0 Å². The minimum absolute atomic E-state index is 0.224. The van der Waals surface area contributed by atoms with E-state index in [0.717, 1.165) is 17.4 Å². The van der Waals surface area contributed by atoms with Crippen molar-refractivity contribution in [3.8, 4) is 0 Å². The van der Waals surface area contributed by atoms with Crippen LogP contribution in [-0.2, 0) is 0 Å². The summed E-state index contributed by atoms with van der Waals surface area (Å²) < 4.78 is 0. The van der Waals surface area contributed by atoms with E-state index in [2.05, 4.69) is 5.32 Å². The van der Waals surface area contributed by atoms with Crippen LogP contribution in [0.5, 0.6) is 0 Å². The van der Waals surface area contributed by atoms with Crippen LogP contribution in [0.3, 0.4) is 0 Å². The van der Waals surface area contributed by atoms with Crippen molar-refractivity contribution in [2.24, 2.45) is 11.7 Å². The lowest BCUT2D eigenvalue weighted by Gasteiger charge is -2.19. The van der Waals surface area contributed by atoms with E-state index >= 15 is 0 Å². The summed E-state index contributed by atoms with van der Waals surface area (Å²) in [6, 6.07) is 8.08. The minimum Gasteiger partial charge on any atom is -0.376 e. The van der Waals surface area contributed by atoms with Crippen LogP contribution in [0.15, 0.2) is 24.3 Å². The van der Waals surface area contributed by atoms with Gasteiger partial charge in [-0.1, -0.05) is 36.6 Å². The molecular formula is C12H15ClN2S. The zero-order valence-corrected chi connectivity index (χ0v) is 10.5. The molecule has 0 bridgehead atoms. The molecule has 1 aliphatic carbocycles. The van der Waals surface area contributed by atoms with E-state index in [0.29, 0.717) is 5.11 Å². The van der Waals surface area contributed by atoms with Crippen LogP contribution >= 0.6 is 23.8 Å². The largest absolute Gasteiger partial charge is 0.376 e. The molecule has 2 rings (SSSR count). The second kappa shape index (κ2) is 5.02. The lowest BCUT2D eigenvalue weighted by atomic mass is 10.0. The Morgan fingerprint density at radius 1 is 1.44 bits per heavy atom. The van der Waals surface area contributed by atoms with E-state index in [9.17, 15) is 0 Å². The molecule has 0 radical (unpaired) electrons. The Hall–Kier alpha value is -0.800. The molecule has 0 spiro atoms. The molecule has 1 fully saturated rings. The molecule has 4 heteroatoms. The smallest absolute Gasteiger partial charge is 0.164 e. The Morgan fingerprint density at radius 2 is 2.06 bits per heavy atom. The molecule has 3 N–H and O–H groups in total. The van der Waals surface area contributed by atoms with Crippen molar-refractivity contribution in [1.82, 2.24) is 5.32 Å². The standard InChI is InChI=1S/C12H15ClN2S/c13-10-5-3-9(4-6-10)11(15-12(14)16)7-8-1-2-8/h3-6,8,11H,1-2,7H2,(H3,14,15,16). The average molecular weight is 255 g/mol. The van der Waals surface area contributed by atoms with Crippen LogP contribution in [0.2, 0.25) is 5.02 Å². The first kappa shape index (κ1) is 11.7. The van der Waals surface area contributed by atoms with E-state index < -0.39 is 0 Å². The van der Waals surface area contributed by atoms with E-state index in [-0.39, 0.29) is 6.04 Å². The molecule has 1 atom stereocenters. The highest BCUT2D eigenvalue weighted by molar-refractivity contribution is 7.80. The third-order valence-electron chi connectivity index (χ3n) is 2.85. The van der Waals surface area contributed by atoms with Gasteiger partial charge in [-0.25, -0.2) is 0 Å². The highest BCUT2D eigenvalue weighted by atomic mass is 35.5. The van der Waals surface area contributed by atoms with Crippen molar-refractivity contribution in [3.63, 3.8) is 0 Å². The number of nitrogens with one attached hydrogen (secondary N) is 1. The molecule has 0 aliphatic heterocycles. The summed E-state index contributed by atoms with van der Waals surface area (Å²) >= 11 is 10.8. The molecular weight excluding hydrogens is 240 g/mol. The molecule has 0 heterocycles. The fourth-order valence-electron chi connectivity index (χ4n) is 1.83. The Morgan fingerprint density at radius 3 is 2.56 bits per heavy atom. The van der Waals surface area contributed by atoms with Crippen LogP contribution in [0.1, 0.15) is 30.9 Å². The van der Waals surface area contributed by atoms with Gasteiger partial charge in [0.25, 0.3) is 0 Å². The van der Waals surface area contributed by atoms with Crippen molar-refractivity contribution >= 4 is 28.9 Å². The lowest BCUT2D eigenvalue weighted by molar-refractivity contribution is 0.550. The molecule has 1 unspecified atom stereocenters. The van der Waals surface area contributed by atoms with Crippen LogP contribution in [0.25, 0.3) is 0 Å². The zero-order valence-electron chi connectivity index (χ0n) is 8.95. The number of rotatable bonds is 4. The molecule has 16 heavy (non-hydrogen) atoms. The number of benzene rings is 1. The Labute approximate surface area is 106 Å². The summed E-state index contributed by atoms with van der Waals surface area (Å²) in [4.78, 5) is 0. The van der Waals surface area contributed by atoms with Gasteiger partial charge in [0.15, 0.2) is 5.11 Å². The van der Waals surface area contributed by atoms with Crippen molar-refractivity contribution in [3.05, 3.63) is 34.9 Å². The second-order valence-electron chi connectivity index (χ2n) is 4.29. The van der Waals surface area contributed by atoms with Gasteiger partial charge in [0.2, 0.25) is 0 Å². The molecule has 1 aliphatic rings. The monoisotopic (exact) mass is 254 g/mol. The number of nitrogens with two attached hydrogens (primary N) is 1. The lowest BCUT2D eigenvalue weighted by Crippen LogP contribution is -2.33. The Kier molecular flexibility index (Phi) is 3.66. The first-order valence-corrected chi connectivity index (χ1v) is 6.25. The topological polar surface area (TPSA) is 38.0 Å². The summed E-state index contributed by atoms with van der Waals surface area (Å²) in [6.07, 6.45) is 3.74. The number of halogens is 1. The van der Waals surface area contributed by atoms with Gasteiger partial charge in [-0.2, -0.15) is 0 Å². The van der Waals surface area contributed by atoms with E-state index in [1.807, 2.05) is 24.3 Å². The SMILES string of the molecule is NC(=S)NC(CC1CC1)c1ccc(Cl)cc1. The van der Waals surface area contributed by atoms with Gasteiger partial charge in [0.05, 0.1) is 6.04 Å². The quantitative estimate of drug-likeness (QED) is 0.812. The van der Waals surface area contributed by atoms with Crippen LogP contribution in [-0.4, -0.2) is 5.11 Å². The molecule has 86 valence electrons. The predicted octanol–water partition coefficient (Wildman–Crippen LogP) is 3.01. The Balaban J connectivity index is 2.09. The summed E-state index contributed by atoms with van der Waals surface area (Å²) in [5.41, 5.74) is 6.75. The second-order valence-corrected chi connectivity index (χ2v) is 5.17. The fourth-order valence-corrected chi connectivity index (χ4v) is 2.10. The Bertz CT molecular complexity index is 373. The fraction of sp³-hybridized carbons (Fsp3) is 0.417. The number of hydrogen-bond acceptors (Lipinski definition) is 1. The summed E-state index contributed by atoms with van der Waals surface area (Å²) in [5, 5.41) is 4.27. The van der Waals surface area contributed by atoms with Crippen molar-refractivity contribution < 1.29 is 0 Å². The van der Waals surface area contributed by atoms with E-state index in [1.54, 1.807) is 0 Å². The maximum absolute atomic E-state index is 5.87. The van der Waals surface area contributed by atoms with Gasteiger partial charge in [0, 0.05) is 5.02 Å². The maximum Gasteiger partial charge on any atom is 0.164 e. The van der Waals surface area contributed by atoms with Crippen LogP contribution in [0.4, 0.5) is 0 Å². The summed E-state index contributed by atoms with van der Waals surface area (Å²) in [7, 11) is 0. The molecule has 0 aromatic heterocycles. The normalized spacial score (nSPS) is 16.8. The van der Waals surface area contributed by atoms with Crippen LogP contribution < -0.4 is 11.1 Å². The summed E-state index contributed by atoms with van der Waals surface area (Å²) in [6.45, 7) is 0. The third kappa shape index (κ3) is 3.35. The van der Waals surface area contributed by atoms with Gasteiger partial charge in [-0.15, -0.1) is 0 Å². The molecule has 0 saturated heterocycles. The van der Waals surface area contributed by atoms with Gasteiger partial charge in [0.1, 0.15) is 0 Å². The zero-order chi connectivity index (χ0) is 11.5. The van der Waals surface area contributed by atoms with Gasteiger partial charge < -0.3 is 11.1 Å². The number of hydrogen-bond donors (Lipinski definition) is 2.